The van der Waals surface area contributed by atoms with Crippen molar-refractivity contribution in [2.24, 2.45) is 0 Å². The fourth-order valence-electron chi connectivity index (χ4n) is 1.04. The molecule has 1 N–H and O–H groups in total. The number of hydrogen-bond acceptors (Lipinski definition) is 6. The smallest absolute Gasteiger partial charge is 0.405 e. The number of nitrogens with zero attached hydrogens (tertiary/aromatic N) is 4. The van der Waals surface area contributed by atoms with Gasteiger partial charge < -0.3 is 10.1 Å². The van der Waals surface area contributed by atoms with E-state index in [1.165, 1.54) is 0 Å². The number of rotatable bonds is 5. The number of hydrogen-bond donors (Lipinski definition) is 1. The molecule has 0 aromatic carbocycles. The average molecular weight is 281 g/mol. The number of nitrogens with one attached hydrogen (secondary N) is 1. The maximum Gasteiger partial charge on any atom is 0.405 e. The molecule has 1 aromatic rings. The third-order valence-corrected chi connectivity index (χ3v) is 1.77. The zero-order valence-electron chi connectivity index (χ0n) is 9.77. The summed E-state index contributed by atoms with van der Waals surface area (Å²) in [6.07, 6.45) is -4.51. The van der Waals surface area contributed by atoms with Gasteiger partial charge in [0.25, 0.3) is 5.82 Å². The third kappa shape index (κ3) is 4.89. The Labute approximate surface area is 104 Å². The maximum absolute atomic E-state index is 11.9. The van der Waals surface area contributed by atoms with Gasteiger partial charge in [-0.3, -0.25) is 4.79 Å². The number of alkyl halides is 3. The van der Waals surface area contributed by atoms with Gasteiger partial charge in [-0.2, -0.15) is 13.2 Å². The number of esters is 1. The minimum absolute atomic E-state index is 0.0754. The molecule has 1 amide bonds. The molecule has 0 aliphatic heterocycles. The molecular weight excluding hydrogens is 271 g/mol. The lowest BCUT2D eigenvalue weighted by Gasteiger charge is -2.08. The van der Waals surface area contributed by atoms with Gasteiger partial charge in [-0.15, -0.1) is 5.10 Å². The summed E-state index contributed by atoms with van der Waals surface area (Å²) in [7, 11) is 0. The summed E-state index contributed by atoms with van der Waals surface area (Å²) >= 11 is 0. The molecule has 0 unspecified atom stereocenters. The van der Waals surface area contributed by atoms with Gasteiger partial charge in [-0.1, -0.05) is 0 Å². The van der Waals surface area contributed by atoms with Crippen molar-refractivity contribution in [1.29, 1.82) is 0 Å². The highest BCUT2D eigenvalue weighted by Crippen LogP contribution is 2.12. The molecule has 0 radical (unpaired) electrons. The van der Waals surface area contributed by atoms with E-state index in [2.05, 4.69) is 20.3 Å². The summed E-state index contributed by atoms with van der Waals surface area (Å²) in [4.78, 5) is 22.5. The first-order chi connectivity index (χ1) is 8.83. The van der Waals surface area contributed by atoms with Crippen LogP contribution < -0.4 is 5.32 Å². The molecular formula is C8H10F3N5O3. The number of aromatic nitrogens is 4. The fourth-order valence-corrected chi connectivity index (χ4v) is 1.04. The standard InChI is InChI=1S/C8H10F3N5O3/c1-2-19-7(18)6-13-14-15-16(6)3-5(17)12-4-8(9,10)11/h2-4H2,1H3,(H,12,17). The minimum Gasteiger partial charge on any atom is -0.460 e. The molecule has 0 atom stereocenters. The first-order valence-electron chi connectivity index (χ1n) is 5.10. The average Bonchev–Trinajstić information content (AvgIpc) is 2.74. The Morgan fingerprint density at radius 3 is 2.68 bits per heavy atom. The van der Waals surface area contributed by atoms with Crippen LogP contribution in [0, 0.1) is 0 Å². The Hall–Kier alpha value is -2.20. The summed E-state index contributed by atoms with van der Waals surface area (Å²) in [6, 6.07) is 0. The quantitative estimate of drug-likeness (QED) is 0.732. The summed E-state index contributed by atoms with van der Waals surface area (Å²) in [5, 5.41) is 11.4. The van der Waals surface area contributed by atoms with E-state index in [0.717, 1.165) is 4.68 Å². The first-order valence-corrected chi connectivity index (χ1v) is 5.10. The zero-order chi connectivity index (χ0) is 14.5. The molecule has 0 saturated carbocycles. The second-order valence-corrected chi connectivity index (χ2v) is 3.27. The van der Waals surface area contributed by atoms with Gasteiger partial charge >= 0.3 is 12.1 Å². The summed E-state index contributed by atoms with van der Waals surface area (Å²) < 4.78 is 41.0. The highest BCUT2D eigenvalue weighted by Gasteiger charge is 2.28. The molecule has 0 bridgehead atoms. The van der Waals surface area contributed by atoms with Crippen LogP contribution in [0.2, 0.25) is 0 Å². The van der Waals surface area contributed by atoms with Crippen molar-refractivity contribution in [1.82, 2.24) is 25.5 Å². The zero-order valence-corrected chi connectivity index (χ0v) is 9.77. The monoisotopic (exact) mass is 281 g/mol. The van der Waals surface area contributed by atoms with E-state index in [9.17, 15) is 22.8 Å². The van der Waals surface area contributed by atoms with Gasteiger partial charge in [0, 0.05) is 0 Å². The van der Waals surface area contributed by atoms with E-state index in [0.29, 0.717) is 0 Å². The highest BCUT2D eigenvalue weighted by molar-refractivity contribution is 5.86. The van der Waals surface area contributed by atoms with Crippen molar-refractivity contribution in [3.05, 3.63) is 5.82 Å². The van der Waals surface area contributed by atoms with Gasteiger partial charge in [0.15, 0.2) is 0 Å². The number of tetrazole rings is 1. The van der Waals surface area contributed by atoms with E-state index < -0.39 is 31.1 Å². The summed E-state index contributed by atoms with van der Waals surface area (Å²) in [6.45, 7) is -0.450. The topological polar surface area (TPSA) is 99.0 Å². The van der Waals surface area contributed by atoms with Gasteiger partial charge in [0.1, 0.15) is 13.1 Å². The summed E-state index contributed by atoms with van der Waals surface area (Å²) in [5.41, 5.74) is 0. The molecule has 1 aromatic heterocycles. The molecule has 8 nitrogen and oxygen atoms in total. The van der Waals surface area contributed by atoms with Crippen molar-refractivity contribution in [2.45, 2.75) is 19.6 Å². The van der Waals surface area contributed by atoms with Crippen molar-refractivity contribution in [3.63, 3.8) is 0 Å². The number of amides is 1. The Bertz CT molecular complexity index is 459. The second kappa shape index (κ2) is 6.11. The molecule has 1 rings (SSSR count). The van der Waals surface area contributed by atoms with E-state index in [1.807, 2.05) is 0 Å². The summed E-state index contributed by atoms with van der Waals surface area (Å²) in [5.74, 6) is -2.20. The third-order valence-electron chi connectivity index (χ3n) is 1.77. The molecule has 0 aliphatic rings. The van der Waals surface area contributed by atoms with Gasteiger partial charge in [-0.25, -0.2) is 9.48 Å². The van der Waals surface area contributed by atoms with Gasteiger partial charge in [0.05, 0.1) is 6.61 Å². The van der Waals surface area contributed by atoms with E-state index >= 15 is 0 Å². The molecule has 11 heteroatoms. The molecule has 0 aliphatic carbocycles. The predicted octanol–water partition coefficient (Wildman–Crippen LogP) is -0.472. The number of carbonyl (C=O) groups is 2. The lowest BCUT2D eigenvalue weighted by Crippen LogP contribution is -2.36. The number of ether oxygens (including phenoxy) is 1. The highest BCUT2D eigenvalue weighted by atomic mass is 19.4. The Balaban J connectivity index is 2.60. The van der Waals surface area contributed by atoms with Crippen LogP contribution in [0.1, 0.15) is 17.5 Å². The minimum atomic E-state index is -4.51. The number of halogens is 3. The van der Waals surface area contributed by atoms with Crippen LogP contribution in [0.25, 0.3) is 0 Å². The lowest BCUT2D eigenvalue weighted by molar-refractivity contribution is -0.138. The molecule has 1 heterocycles. The predicted molar refractivity (Wildman–Crippen MR) is 52.8 cm³/mol. The Morgan fingerprint density at radius 1 is 1.42 bits per heavy atom. The van der Waals surface area contributed by atoms with E-state index in [-0.39, 0.29) is 12.4 Å². The van der Waals surface area contributed by atoms with Crippen LogP contribution in [0.4, 0.5) is 13.2 Å². The Morgan fingerprint density at radius 2 is 2.11 bits per heavy atom. The van der Waals surface area contributed by atoms with Crippen molar-refractivity contribution in [3.8, 4) is 0 Å². The molecule has 106 valence electrons. The van der Waals surface area contributed by atoms with Gasteiger partial charge in [-0.05, 0) is 17.4 Å². The largest absolute Gasteiger partial charge is 0.460 e. The van der Waals surface area contributed by atoms with Crippen molar-refractivity contribution in [2.75, 3.05) is 13.2 Å². The van der Waals surface area contributed by atoms with Crippen molar-refractivity contribution >= 4 is 11.9 Å². The molecule has 19 heavy (non-hydrogen) atoms. The van der Waals surface area contributed by atoms with Crippen LogP contribution in [0.15, 0.2) is 0 Å². The molecule has 0 saturated heterocycles. The van der Waals surface area contributed by atoms with Crippen LogP contribution in [-0.4, -0.2) is 51.4 Å². The van der Waals surface area contributed by atoms with Crippen LogP contribution >= 0.6 is 0 Å². The SMILES string of the molecule is CCOC(=O)c1nnnn1CC(=O)NCC(F)(F)F. The van der Waals surface area contributed by atoms with Crippen LogP contribution in [0.5, 0.6) is 0 Å². The Kier molecular flexibility index (Phi) is 4.78. The van der Waals surface area contributed by atoms with Crippen LogP contribution in [-0.2, 0) is 16.1 Å². The van der Waals surface area contributed by atoms with E-state index in [1.54, 1.807) is 12.2 Å². The molecule has 0 spiro atoms. The first kappa shape index (κ1) is 14.9. The second-order valence-electron chi connectivity index (χ2n) is 3.27. The van der Waals surface area contributed by atoms with Crippen molar-refractivity contribution < 1.29 is 27.5 Å². The number of carbonyl (C=O) groups excluding carboxylic acids is 2. The van der Waals surface area contributed by atoms with Gasteiger partial charge in [0.2, 0.25) is 5.91 Å². The maximum atomic E-state index is 11.9. The fraction of sp³-hybridized carbons (Fsp3) is 0.625. The molecule has 0 fully saturated rings. The lowest BCUT2D eigenvalue weighted by atomic mass is 10.5. The van der Waals surface area contributed by atoms with E-state index in [4.69, 9.17) is 0 Å². The van der Waals surface area contributed by atoms with Crippen LogP contribution in [0.3, 0.4) is 0 Å². The normalized spacial score (nSPS) is 11.2.